The van der Waals surface area contributed by atoms with Crippen LogP contribution in [-0.2, 0) is 9.53 Å². The molecule has 0 radical (unpaired) electrons. The van der Waals surface area contributed by atoms with Crippen LogP contribution in [0.25, 0.3) is 0 Å². The number of hydrogen-bond acceptors (Lipinski definition) is 4. The molecule has 1 aromatic rings. The number of carbonyl (C=O) groups is 1. The Balaban J connectivity index is 1.92. The highest BCUT2D eigenvalue weighted by Crippen LogP contribution is 2.29. The molecule has 0 aromatic heterocycles. The molecule has 1 fully saturated rings. The minimum Gasteiger partial charge on any atom is -0.387 e. The third-order valence-electron chi connectivity index (χ3n) is 4.24. The van der Waals surface area contributed by atoms with E-state index in [0.29, 0.717) is 32.6 Å². The molecule has 1 unspecified atom stereocenters. The first-order chi connectivity index (χ1) is 10.1. The Labute approximate surface area is 125 Å². The van der Waals surface area contributed by atoms with E-state index in [1.165, 1.54) is 0 Å². The van der Waals surface area contributed by atoms with Gasteiger partial charge in [-0.15, -0.1) is 0 Å². The second kappa shape index (κ2) is 7.02. The number of nitrogens with one attached hydrogen (secondary N) is 1. The van der Waals surface area contributed by atoms with Crippen molar-refractivity contribution < 1.29 is 14.6 Å². The van der Waals surface area contributed by atoms with Crippen molar-refractivity contribution in [2.45, 2.75) is 25.9 Å². The minimum absolute atomic E-state index is 0.0838. The second-order valence-electron chi connectivity index (χ2n) is 5.73. The maximum absolute atomic E-state index is 12.4. The lowest BCUT2D eigenvalue weighted by Crippen LogP contribution is -2.49. The summed E-state index contributed by atoms with van der Waals surface area (Å²) in [6.45, 7) is 3.62. The number of rotatable bonds is 5. The number of carbonyl (C=O) groups excluding carboxylic acids is 1. The van der Waals surface area contributed by atoms with Crippen molar-refractivity contribution in [1.29, 1.82) is 0 Å². The van der Waals surface area contributed by atoms with E-state index in [9.17, 15) is 9.90 Å². The Morgan fingerprint density at radius 1 is 1.38 bits per heavy atom. The maximum Gasteiger partial charge on any atom is 0.227 e. The van der Waals surface area contributed by atoms with Crippen molar-refractivity contribution in [2.75, 3.05) is 26.3 Å². The van der Waals surface area contributed by atoms with Gasteiger partial charge in [0.1, 0.15) is 0 Å². The van der Waals surface area contributed by atoms with Crippen LogP contribution in [0.4, 0.5) is 0 Å². The van der Waals surface area contributed by atoms with Crippen molar-refractivity contribution in [1.82, 2.24) is 5.32 Å². The first kappa shape index (κ1) is 15.9. The lowest BCUT2D eigenvalue weighted by molar-refractivity contribution is -0.136. The van der Waals surface area contributed by atoms with Gasteiger partial charge in [-0.3, -0.25) is 4.79 Å². The lowest BCUT2D eigenvalue weighted by atomic mass is 9.79. The summed E-state index contributed by atoms with van der Waals surface area (Å²) in [5, 5.41) is 13.0. The topological polar surface area (TPSA) is 84.6 Å². The molecule has 1 atom stereocenters. The van der Waals surface area contributed by atoms with E-state index in [0.717, 1.165) is 11.1 Å². The molecule has 0 aliphatic carbocycles. The van der Waals surface area contributed by atoms with Crippen LogP contribution in [0.1, 0.15) is 30.1 Å². The van der Waals surface area contributed by atoms with Gasteiger partial charge in [0.15, 0.2) is 0 Å². The molecule has 1 aliphatic heterocycles. The van der Waals surface area contributed by atoms with E-state index in [-0.39, 0.29) is 12.5 Å². The van der Waals surface area contributed by atoms with Gasteiger partial charge < -0.3 is 20.9 Å². The van der Waals surface area contributed by atoms with Crippen LogP contribution < -0.4 is 11.1 Å². The Morgan fingerprint density at radius 2 is 2.00 bits per heavy atom. The quantitative estimate of drug-likeness (QED) is 0.753. The molecule has 1 amide bonds. The predicted molar refractivity (Wildman–Crippen MR) is 80.7 cm³/mol. The monoisotopic (exact) mass is 292 g/mol. The highest BCUT2D eigenvalue weighted by Gasteiger charge is 2.38. The van der Waals surface area contributed by atoms with Gasteiger partial charge >= 0.3 is 0 Å². The number of amides is 1. The van der Waals surface area contributed by atoms with E-state index in [4.69, 9.17) is 10.5 Å². The Morgan fingerprint density at radius 3 is 2.57 bits per heavy atom. The molecule has 5 heteroatoms. The number of ether oxygens (including phenoxy) is 1. The fraction of sp³-hybridized carbons (Fsp3) is 0.562. The molecule has 2 rings (SSSR count). The number of benzene rings is 1. The van der Waals surface area contributed by atoms with E-state index in [1.807, 2.05) is 31.2 Å². The van der Waals surface area contributed by atoms with Crippen molar-refractivity contribution in [3.8, 4) is 0 Å². The molecule has 116 valence electrons. The van der Waals surface area contributed by atoms with Crippen LogP contribution in [0, 0.1) is 12.3 Å². The van der Waals surface area contributed by atoms with Crippen LogP contribution >= 0.6 is 0 Å². The fourth-order valence-electron chi connectivity index (χ4n) is 2.57. The normalized spacial score (nSPS) is 19.0. The summed E-state index contributed by atoms with van der Waals surface area (Å²) in [5.41, 5.74) is 7.18. The molecule has 1 heterocycles. The van der Waals surface area contributed by atoms with E-state index in [2.05, 4.69) is 5.32 Å². The van der Waals surface area contributed by atoms with Gasteiger partial charge in [-0.2, -0.15) is 0 Å². The van der Waals surface area contributed by atoms with Gasteiger partial charge in [0.2, 0.25) is 5.91 Å². The van der Waals surface area contributed by atoms with E-state index in [1.54, 1.807) is 0 Å². The third-order valence-corrected chi connectivity index (χ3v) is 4.24. The molecule has 5 nitrogen and oxygen atoms in total. The van der Waals surface area contributed by atoms with Gasteiger partial charge in [0, 0.05) is 26.3 Å². The lowest BCUT2D eigenvalue weighted by Gasteiger charge is -2.34. The molecule has 0 saturated carbocycles. The van der Waals surface area contributed by atoms with Crippen molar-refractivity contribution in [2.24, 2.45) is 11.1 Å². The Bertz CT molecular complexity index is 467. The molecule has 4 N–H and O–H groups in total. The summed E-state index contributed by atoms with van der Waals surface area (Å²) in [6, 6.07) is 7.64. The van der Waals surface area contributed by atoms with Crippen molar-refractivity contribution in [3.05, 3.63) is 35.4 Å². The highest BCUT2D eigenvalue weighted by molar-refractivity contribution is 5.83. The number of aliphatic hydroxyl groups excluding tert-OH is 1. The largest absolute Gasteiger partial charge is 0.387 e. The van der Waals surface area contributed by atoms with Gasteiger partial charge in [-0.05, 0) is 25.3 Å². The summed E-state index contributed by atoms with van der Waals surface area (Å²) >= 11 is 0. The van der Waals surface area contributed by atoms with E-state index < -0.39 is 11.5 Å². The number of aryl methyl sites for hydroxylation is 1. The summed E-state index contributed by atoms with van der Waals surface area (Å²) in [5.74, 6) is -0.0838. The summed E-state index contributed by atoms with van der Waals surface area (Å²) < 4.78 is 5.30. The Kier molecular flexibility index (Phi) is 5.33. The molecule has 1 saturated heterocycles. The minimum atomic E-state index is -0.704. The van der Waals surface area contributed by atoms with Gasteiger partial charge in [-0.25, -0.2) is 0 Å². The fourth-order valence-corrected chi connectivity index (χ4v) is 2.57. The van der Waals surface area contributed by atoms with Gasteiger partial charge in [0.25, 0.3) is 0 Å². The number of nitrogens with two attached hydrogens (primary N) is 1. The van der Waals surface area contributed by atoms with Crippen LogP contribution in [0.15, 0.2) is 24.3 Å². The standard InChI is InChI=1S/C16H24N2O3/c1-12-2-4-13(5-3-12)14(19)10-18-15(20)16(11-17)6-8-21-9-7-16/h2-5,14,19H,6-11,17H2,1H3,(H,18,20). The molecule has 0 bridgehead atoms. The zero-order valence-corrected chi connectivity index (χ0v) is 12.5. The molecule has 1 aromatic carbocycles. The zero-order valence-electron chi connectivity index (χ0n) is 12.5. The summed E-state index contributed by atoms with van der Waals surface area (Å²) in [4.78, 5) is 12.4. The maximum atomic E-state index is 12.4. The molecule has 0 spiro atoms. The molecular formula is C16H24N2O3. The molecule has 21 heavy (non-hydrogen) atoms. The first-order valence-electron chi connectivity index (χ1n) is 7.38. The van der Waals surface area contributed by atoms with Crippen LogP contribution in [-0.4, -0.2) is 37.3 Å². The van der Waals surface area contributed by atoms with Crippen molar-refractivity contribution >= 4 is 5.91 Å². The Hall–Kier alpha value is -1.43. The molecule has 1 aliphatic rings. The highest BCUT2D eigenvalue weighted by atomic mass is 16.5. The SMILES string of the molecule is Cc1ccc(C(O)CNC(=O)C2(CN)CCOCC2)cc1. The summed E-state index contributed by atoms with van der Waals surface area (Å²) in [6.07, 6.45) is 0.565. The predicted octanol–water partition coefficient (Wildman–Crippen LogP) is 0.900. The van der Waals surface area contributed by atoms with E-state index >= 15 is 0 Å². The van der Waals surface area contributed by atoms with Crippen molar-refractivity contribution in [3.63, 3.8) is 0 Å². The third kappa shape index (κ3) is 3.81. The average Bonchev–Trinajstić information content (AvgIpc) is 2.53. The zero-order chi connectivity index (χ0) is 15.3. The number of hydrogen-bond donors (Lipinski definition) is 3. The smallest absolute Gasteiger partial charge is 0.227 e. The van der Waals surface area contributed by atoms with Crippen LogP contribution in [0.5, 0.6) is 0 Å². The second-order valence-corrected chi connectivity index (χ2v) is 5.73. The average molecular weight is 292 g/mol. The number of aliphatic hydroxyl groups is 1. The first-order valence-corrected chi connectivity index (χ1v) is 7.38. The summed E-state index contributed by atoms with van der Waals surface area (Å²) in [7, 11) is 0. The van der Waals surface area contributed by atoms with Crippen LogP contribution in [0.3, 0.4) is 0 Å². The van der Waals surface area contributed by atoms with Gasteiger partial charge in [0.05, 0.1) is 11.5 Å². The molecular weight excluding hydrogens is 268 g/mol. The van der Waals surface area contributed by atoms with Crippen LogP contribution in [0.2, 0.25) is 0 Å². The van der Waals surface area contributed by atoms with Gasteiger partial charge in [-0.1, -0.05) is 29.8 Å².